The molecule has 1 aromatic carbocycles. The number of nitrogens with zero attached hydrogens (tertiary/aromatic N) is 1. The van der Waals surface area contributed by atoms with Gasteiger partial charge in [0.05, 0.1) is 0 Å². The molecular formula is C13H18BrN3S. The van der Waals surface area contributed by atoms with E-state index < -0.39 is 0 Å². The zero-order chi connectivity index (χ0) is 13.1. The second kappa shape index (κ2) is 5.99. The first-order chi connectivity index (χ1) is 8.58. The van der Waals surface area contributed by atoms with Gasteiger partial charge in [0.25, 0.3) is 0 Å². The van der Waals surface area contributed by atoms with Gasteiger partial charge in [-0.05, 0) is 54.0 Å². The molecule has 3 nitrogen and oxygen atoms in total. The van der Waals surface area contributed by atoms with Crippen LogP contribution >= 0.6 is 28.1 Å². The second-order valence-electron chi connectivity index (χ2n) is 4.70. The van der Waals surface area contributed by atoms with Crippen LogP contribution in [0.5, 0.6) is 0 Å². The van der Waals surface area contributed by atoms with Crippen LogP contribution in [0, 0.1) is 0 Å². The number of nitrogens with two attached hydrogens (primary N) is 1. The van der Waals surface area contributed by atoms with Crippen LogP contribution in [0.1, 0.15) is 18.4 Å². The molecule has 1 aliphatic rings. The van der Waals surface area contributed by atoms with Crippen molar-refractivity contribution >= 4 is 38.8 Å². The van der Waals surface area contributed by atoms with Gasteiger partial charge in [-0.3, -0.25) is 0 Å². The minimum atomic E-state index is 0.427. The van der Waals surface area contributed by atoms with Gasteiger partial charge in [-0.2, -0.15) is 0 Å². The quantitative estimate of drug-likeness (QED) is 0.788. The Kier molecular flexibility index (Phi) is 4.59. The molecule has 0 amide bonds. The minimum Gasteiger partial charge on any atom is -0.389 e. The third kappa shape index (κ3) is 3.67. The monoisotopic (exact) mass is 327 g/mol. The average Bonchev–Trinajstić information content (AvgIpc) is 3.14. The molecule has 1 aromatic rings. The molecule has 0 heterocycles. The lowest BCUT2D eigenvalue weighted by Gasteiger charge is -2.17. The summed E-state index contributed by atoms with van der Waals surface area (Å²) in [6.07, 6.45) is 2.70. The van der Waals surface area contributed by atoms with Gasteiger partial charge in [0, 0.05) is 34.9 Å². The predicted octanol–water partition coefficient (Wildman–Crippen LogP) is 2.59. The number of hydrogen-bond donors (Lipinski definition) is 2. The van der Waals surface area contributed by atoms with E-state index >= 15 is 0 Å². The fourth-order valence-electron chi connectivity index (χ4n) is 1.88. The van der Waals surface area contributed by atoms with E-state index in [1.807, 2.05) is 18.2 Å². The van der Waals surface area contributed by atoms with Crippen molar-refractivity contribution in [3.8, 4) is 0 Å². The van der Waals surface area contributed by atoms with E-state index in [-0.39, 0.29) is 0 Å². The number of benzene rings is 1. The molecule has 0 bridgehead atoms. The number of likely N-dealkylation sites (N-methyl/N-ethyl adjacent to an activating group) is 1. The molecule has 0 radical (unpaired) electrons. The molecule has 0 atom stereocenters. The van der Waals surface area contributed by atoms with Gasteiger partial charge in [-0.15, -0.1) is 0 Å². The molecular weight excluding hydrogens is 310 g/mol. The highest BCUT2D eigenvalue weighted by Gasteiger charge is 2.25. The third-order valence-electron chi connectivity index (χ3n) is 3.20. The molecule has 0 saturated heterocycles. The van der Waals surface area contributed by atoms with Crippen molar-refractivity contribution in [2.75, 3.05) is 25.5 Å². The molecule has 2 rings (SSSR count). The van der Waals surface area contributed by atoms with Crippen LogP contribution in [0.3, 0.4) is 0 Å². The normalized spacial score (nSPS) is 14.8. The van der Waals surface area contributed by atoms with Crippen LogP contribution in [-0.4, -0.2) is 36.1 Å². The van der Waals surface area contributed by atoms with Crippen LogP contribution in [0.2, 0.25) is 0 Å². The summed E-state index contributed by atoms with van der Waals surface area (Å²) in [5, 5.41) is 3.42. The molecule has 18 heavy (non-hydrogen) atoms. The zero-order valence-corrected chi connectivity index (χ0v) is 12.9. The molecule has 1 saturated carbocycles. The lowest BCUT2D eigenvalue weighted by molar-refractivity contribution is 0.337. The first kappa shape index (κ1) is 13.8. The van der Waals surface area contributed by atoms with E-state index in [4.69, 9.17) is 18.0 Å². The largest absolute Gasteiger partial charge is 0.389 e. The summed E-state index contributed by atoms with van der Waals surface area (Å²) >= 11 is 8.48. The number of anilines is 1. The number of thiocarbonyl (C=S) groups is 1. The van der Waals surface area contributed by atoms with E-state index in [0.29, 0.717) is 4.99 Å². The zero-order valence-electron chi connectivity index (χ0n) is 10.4. The standard InChI is InChI=1S/C13H18BrN3S/c1-17(10-3-4-10)7-6-16-12-5-2-9(13(15)18)8-11(12)14/h2,5,8,10,16H,3-4,6-7H2,1H3,(H2,15,18). The van der Waals surface area contributed by atoms with Crippen molar-refractivity contribution < 1.29 is 0 Å². The van der Waals surface area contributed by atoms with Crippen LogP contribution in [0.15, 0.2) is 22.7 Å². The highest BCUT2D eigenvalue weighted by atomic mass is 79.9. The second-order valence-corrected chi connectivity index (χ2v) is 5.99. The van der Waals surface area contributed by atoms with Crippen LogP contribution in [0.25, 0.3) is 0 Å². The van der Waals surface area contributed by atoms with Gasteiger partial charge in [0.2, 0.25) is 0 Å². The number of rotatable bonds is 6. The van der Waals surface area contributed by atoms with Crippen LogP contribution < -0.4 is 11.1 Å². The molecule has 5 heteroatoms. The third-order valence-corrected chi connectivity index (χ3v) is 4.10. The predicted molar refractivity (Wildman–Crippen MR) is 84.2 cm³/mol. The number of hydrogen-bond acceptors (Lipinski definition) is 3. The van der Waals surface area contributed by atoms with E-state index in [9.17, 15) is 0 Å². The first-order valence-corrected chi connectivity index (χ1v) is 7.31. The Bertz CT molecular complexity index is 446. The van der Waals surface area contributed by atoms with Crippen molar-refractivity contribution in [2.24, 2.45) is 5.73 Å². The summed E-state index contributed by atoms with van der Waals surface area (Å²) in [6.45, 7) is 2.01. The van der Waals surface area contributed by atoms with Crippen molar-refractivity contribution in [1.29, 1.82) is 0 Å². The maximum Gasteiger partial charge on any atom is 0.104 e. The Hall–Kier alpha value is -0.650. The average molecular weight is 328 g/mol. The minimum absolute atomic E-state index is 0.427. The summed E-state index contributed by atoms with van der Waals surface area (Å²) < 4.78 is 1.00. The fourth-order valence-corrected chi connectivity index (χ4v) is 2.52. The highest BCUT2D eigenvalue weighted by Crippen LogP contribution is 2.26. The van der Waals surface area contributed by atoms with E-state index in [1.165, 1.54) is 12.8 Å². The summed E-state index contributed by atoms with van der Waals surface area (Å²) in [5.74, 6) is 0. The van der Waals surface area contributed by atoms with Gasteiger partial charge in [0.1, 0.15) is 4.99 Å². The van der Waals surface area contributed by atoms with E-state index in [0.717, 1.165) is 34.9 Å². The van der Waals surface area contributed by atoms with Gasteiger partial charge in [0.15, 0.2) is 0 Å². The van der Waals surface area contributed by atoms with E-state index in [1.54, 1.807) is 0 Å². The first-order valence-electron chi connectivity index (χ1n) is 6.11. The number of halogens is 1. The van der Waals surface area contributed by atoms with Gasteiger partial charge in [-0.1, -0.05) is 12.2 Å². The molecule has 3 N–H and O–H groups in total. The van der Waals surface area contributed by atoms with Gasteiger partial charge in [-0.25, -0.2) is 0 Å². The molecule has 98 valence electrons. The fraction of sp³-hybridized carbons (Fsp3) is 0.462. The number of nitrogens with one attached hydrogen (secondary N) is 1. The SMILES string of the molecule is CN(CCNc1ccc(C(N)=S)cc1Br)C1CC1. The Balaban J connectivity index is 1.86. The Morgan fingerprint density at radius 1 is 1.56 bits per heavy atom. The summed E-state index contributed by atoms with van der Waals surface area (Å²) in [7, 11) is 2.18. The lowest BCUT2D eigenvalue weighted by atomic mass is 10.2. The van der Waals surface area contributed by atoms with Crippen molar-refractivity contribution in [3.05, 3.63) is 28.2 Å². The van der Waals surface area contributed by atoms with Crippen LogP contribution in [0.4, 0.5) is 5.69 Å². The van der Waals surface area contributed by atoms with Crippen LogP contribution in [-0.2, 0) is 0 Å². The molecule has 1 aliphatic carbocycles. The summed E-state index contributed by atoms with van der Waals surface area (Å²) in [4.78, 5) is 2.83. The van der Waals surface area contributed by atoms with Gasteiger partial charge < -0.3 is 16.0 Å². The Morgan fingerprint density at radius 2 is 2.28 bits per heavy atom. The van der Waals surface area contributed by atoms with Crippen molar-refractivity contribution in [3.63, 3.8) is 0 Å². The summed E-state index contributed by atoms with van der Waals surface area (Å²) in [5.41, 5.74) is 7.57. The van der Waals surface area contributed by atoms with E-state index in [2.05, 4.69) is 33.2 Å². The topological polar surface area (TPSA) is 41.3 Å². The molecule has 0 unspecified atom stereocenters. The smallest absolute Gasteiger partial charge is 0.104 e. The lowest BCUT2D eigenvalue weighted by Crippen LogP contribution is -2.27. The molecule has 0 aliphatic heterocycles. The Morgan fingerprint density at radius 3 is 2.83 bits per heavy atom. The molecule has 0 spiro atoms. The highest BCUT2D eigenvalue weighted by molar-refractivity contribution is 9.10. The maximum atomic E-state index is 5.60. The Labute approximate surface area is 122 Å². The van der Waals surface area contributed by atoms with Gasteiger partial charge >= 0.3 is 0 Å². The molecule has 0 aromatic heterocycles. The van der Waals surface area contributed by atoms with Crippen molar-refractivity contribution in [2.45, 2.75) is 18.9 Å². The molecule has 1 fully saturated rings. The van der Waals surface area contributed by atoms with Crippen molar-refractivity contribution in [1.82, 2.24) is 4.90 Å². The maximum absolute atomic E-state index is 5.60. The summed E-state index contributed by atoms with van der Waals surface area (Å²) in [6, 6.07) is 6.72.